The number of amides is 2. The molecule has 198 valence electrons. The number of benzene rings is 2. The Morgan fingerprint density at radius 1 is 1.05 bits per heavy atom. The first-order valence-electron chi connectivity index (χ1n) is 11.1. The zero-order valence-electron chi connectivity index (χ0n) is 20.1. The number of ether oxygens (including phenoxy) is 2. The van der Waals surface area contributed by atoms with Crippen LogP contribution < -0.4 is 31.4 Å². The van der Waals surface area contributed by atoms with Crippen LogP contribution in [0.15, 0.2) is 57.0 Å². The van der Waals surface area contributed by atoms with E-state index in [1.54, 1.807) is 18.2 Å². The number of nitrogens with one attached hydrogen (secondary N) is 4. The summed E-state index contributed by atoms with van der Waals surface area (Å²) in [5.41, 5.74) is -1.23. The van der Waals surface area contributed by atoms with Crippen molar-refractivity contribution >= 4 is 34.4 Å². The second kappa shape index (κ2) is 11.1. The summed E-state index contributed by atoms with van der Waals surface area (Å²) < 4.78 is 10.4. The lowest BCUT2D eigenvalue weighted by Crippen LogP contribution is -2.29. The summed E-state index contributed by atoms with van der Waals surface area (Å²) in [5, 5.41) is 24.5. The first-order valence-corrected chi connectivity index (χ1v) is 12.0. The molecule has 1 aliphatic heterocycles. The molecule has 0 saturated carbocycles. The summed E-state index contributed by atoms with van der Waals surface area (Å²) in [7, 11) is 2.96. The number of phenolic OH excluding ortho intramolecular Hbond substituents is 1. The van der Waals surface area contributed by atoms with E-state index in [4.69, 9.17) is 9.47 Å². The van der Waals surface area contributed by atoms with Crippen LogP contribution in [0.4, 0.5) is 5.69 Å². The van der Waals surface area contributed by atoms with Gasteiger partial charge in [-0.3, -0.25) is 24.4 Å². The number of anilines is 1. The van der Waals surface area contributed by atoms with E-state index in [0.29, 0.717) is 22.7 Å². The number of rotatable bonds is 8. The molecule has 2 heterocycles. The Morgan fingerprint density at radius 3 is 2.42 bits per heavy atom. The third kappa shape index (κ3) is 5.81. The number of phenols is 1. The van der Waals surface area contributed by atoms with Gasteiger partial charge >= 0.3 is 5.69 Å². The van der Waals surface area contributed by atoms with Crippen LogP contribution in [0.5, 0.6) is 23.1 Å². The van der Waals surface area contributed by atoms with Crippen LogP contribution in [0.1, 0.15) is 23.6 Å². The normalized spacial score (nSPS) is 16.6. The molecule has 1 aromatic heterocycles. The third-order valence-corrected chi connectivity index (χ3v) is 6.60. The molecule has 14 heteroatoms. The van der Waals surface area contributed by atoms with Crippen LogP contribution in [0.2, 0.25) is 0 Å². The Balaban J connectivity index is 1.55. The SMILES string of the molecule is COc1ccc(NC(=O)C[C@@H]2SC(=N[C@H](c3ccc(O)cc3)c3c(O)[nH]c(=O)[nH]c3=O)NC2=O)cc1OC. The van der Waals surface area contributed by atoms with E-state index in [0.717, 1.165) is 11.8 Å². The standard InChI is InChI=1S/C24H23N5O8S/c1-36-14-8-5-12(9-15(14)37-2)25-17(31)10-16-20(32)29-24(38-16)26-19(11-3-6-13(30)7-4-11)18-21(33)27-23(35)28-22(18)34/h3-9,16,19,30H,10H2,1-2H3,(H,25,31)(H,26,29,32)(H3,27,28,33,34,35)/t16-,19+/m0/s1. The number of aromatic nitrogens is 2. The van der Waals surface area contributed by atoms with Gasteiger partial charge in [-0.1, -0.05) is 23.9 Å². The molecule has 3 aromatic rings. The Kier molecular flexibility index (Phi) is 7.71. The minimum absolute atomic E-state index is 0.0381. The van der Waals surface area contributed by atoms with Crippen molar-refractivity contribution in [2.24, 2.45) is 4.99 Å². The number of methoxy groups -OCH3 is 2. The molecular formula is C24H23N5O8S. The van der Waals surface area contributed by atoms with Gasteiger partial charge in [-0.2, -0.15) is 0 Å². The number of amidine groups is 1. The molecule has 0 radical (unpaired) electrons. The molecule has 1 aliphatic rings. The topological polar surface area (TPSA) is 195 Å². The lowest BCUT2D eigenvalue weighted by atomic mass is 10.0. The maximum atomic E-state index is 12.6. The van der Waals surface area contributed by atoms with Crippen molar-refractivity contribution in [3.05, 3.63) is 74.4 Å². The zero-order chi connectivity index (χ0) is 27.4. The van der Waals surface area contributed by atoms with Gasteiger partial charge in [0.1, 0.15) is 22.6 Å². The number of hydrogen-bond donors (Lipinski definition) is 6. The van der Waals surface area contributed by atoms with E-state index < -0.39 is 40.2 Å². The average Bonchev–Trinajstić information content (AvgIpc) is 3.21. The van der Waals surface area contributed by atoms with Gasteiger partial charge < -0.3 is 30.3 Å². The molecule has 0 spiro atoms. The predicted molar refractivity (Wildman–Crippen MR) is 139 cm³/mol. The number of H-pyrrole nitrogens is 2. The van der Waals surface area contributed by atoms with Crippen LogP contribution in [0.3, 0.4) is 0 Å². The highest BCUT2D eigenvalue weighted by atomic mass is 32.2. The number of hydrogen-bond acceptors (Lipinski definition) is 10. The van der Waals surface area contributed by atoms with Crippen molar-refractivity contribution in [1.82, 2.24) is 15.3 Å². The molecule has 38 heavy (non-hydrogen) atoms. The van der Waals surface area contributed by atoms with Gasteiger partial charge in [-0.15, -0.1) is 0 Å². The fraction of sp³-hybridized carbons (Fsp3) is 0.208. The summed E-state index contributed by atoms with van der Waals surface area (Å²) in [6.07, 6.45) is -0.182. The molecule has 1 saturated heterocycles. The van der Waals surface area contributed by atoms with Crippen molar-refractivity contribution in [3.63, 3.8) is 0 Å². The van der Waals surface area contributed by atoms with Gasteiger partial charge in [-0.25, -0.2) is 9.79 Å². The Bertz CT molecular complexity index is 1520. The van der Waals surface area contributed by atoms with E-state index in [2.05, 4.69) is 20.6 Å². The molecule has 0 bridgehead atoms. The summed E-state index contributed by atoms with van der Waals surface area (Å²) in [6.45, 7) is 0. The van der Waals surface area contributed by atoms with Gasteiger partial charge in [0.15, 0.2) is 16.7 Å². The predicted octanol–water partition coefficient (Wildman–Crippen LogP) is 1.20. The summed E-state index contributed by atoms with van der Waals surface area (Å²) in [5.74, 6) is -0.720. The van der Waals surface area contributed by atoms with Gasteiger partial charge in [-0.05, 0) is 29.8 Å². The van der Waals surface area contributed by atoms with Crippen LogP contribution in [0, 0.1) is 0 Å². The number of thioether (sulfide) groups is 1. The summed E-state index contributed by atoms with van der Waals surface area (Å²) in [4.78, 5) is 57.9. The highest BCUT2D eigenvalue weighted by Gasteiger charge is 2.34. The maximum absolute atomic E-state index is 12.6. The molecule has 0 unspecified atom stereocenters. The number of carbonyl (C=O) groups excluding carboxylic acids is 2. The van der Waals surface area contributed by atoms with Crippen molar-refractivity contribution in [1.29, 1.82) is 0 Å². The van der Waals surface area contributed by atoms with E-state index in [1.165, 1.54) is 38.5 Å². The Labute approximate surface area is 218 Å². The first-order chi connectivity index (χ1) is 18.2. The number of aromatic hydroxyl groups is 2. The van der Waals surface area contributed by atoms with E-state index in [1.807, 2.05) is 4.98 Å². The third-order valence-electron chi connectivity index (χ3n) is 5.50. The molecule has 13 nitrogen and oxygen atoms in total. The Hall–Kier alpha value is -4.72. The number of aliphatic imine (C=N–C) groups is 1. The molecule has 4 rings (SSSR count). The Morgan fingerprint density at radius 2 is 1.76 bits per heavy atom. The van der Waals surface area contributed by atoms with Crippen LogP contribution in [-0.2, 0) is 9.59 Å². The highest BCUT2D eigenvalue weighted by Crippen LogP contribution is 2.33. The van der Waals surface area contributed by atoms with Gasteiger partial charge in [0.25, 0.3) is 5.56 Å². The fourth-order valence-corrected chi connectivity index (χ4v) is 4.71. The monoisotopic (exact) mass is 541 g/mol. The molecular weight excluding hydrogens is 518 g/mol. The van der Waals surface area contributed by atoms with Crippen LogP contribution in [-0.4, -0.2) is 56.6 Å². The molecule has 2 amide bonds. The van der Waals surface area contributed by atoms with Crippen molar-refractivity contribution in [3.8, 4) is 23.1 Å². The molecule has 2 atom stereocenters. The van der Waals surface area contributed by atoms with E-state index in [9.17, 15) is 29.4 Å². The zero-order valence-corrected chi connectivity index (χ0v) is 20.9. The number of nitrogens with zero attached hydrogens (tertiary/aromatic N) is 1. The van der Waals surface area contributed by atoms with E-state index >= 15 is 0 Å². The fourth-order valence-electron chi connectivity index (χ4n) is 3.71. The van der Waals surface area contributed by atoms with Crippen molar-refractivity contribution in [2.45, 2.75) is 17.7 Å². The van der Waals surface area contributed by atoms with Gasteiger partial charge in [0, 0.05) is 18.2 Å². The largest absolute Gasteiger partial charge is 0.508 e. The number of carbonyl (C=O) groups is 2. The van der Waals surface area contributed by atoms with Gasteiger partial charge in [0.2, 0.25) is 17.7 Å². The maximum Gasteiger partial charge on any atom is 0.328 e. The second-order valence-electron chi connectivity index (χ2n) is 8.02. The molecule has 6 N–H and O–H groups in total. The average molecular weight is 542 g/mol. The lowest BCUT2D eigenvalue weighted by molar-refractivity contribution is -0.122. The van der Waals surface area contributed by atoms with E-state index in [-0.39, 0.29) is 22.9 Å². The van der Waals surface area contributed by atoms with Crippen LogP contribution in [0.25, 0.3) is 0 Å². The highest BCUT2D eigenvalue weighted by molar-refractivity contribution is 8.15. The molecule has 1 fully saturated rings. The van der Waals surface area contributed by atoms with Crippen LogP contribution >= 0.6 is 11.8 Å². The molecule has 0 aliphatic carbocycles. The second-order valence-corrected chi connectivity index (χ2v) is 9.21. The van der Waals surface area contributed by atoms with Gasteiger partial charge in [0.05, 0.1) is 14.2 Å². The number of aromatic amines is 2. The van der Waals surface area contributed by atoms with Crippen molar-refractivity contribution < 1.29 is 29.3 Å². The summed E-state index contributed by atoms with van der Waals surface area (Å²) in [6, 6.07) is 9.37. The first kappa shape index (κ1) is 26.3. The minimum Gasteiger partial charge on any atom is -0.508 e. The summed E-state index contributed by atoms with van der Waals surface area (Å²) >= 11 is 0.976. The smallest absolute Gasteiger partial charge is 0.328 e. The molecule has 2 aromatic carbocycles. The quantitative estimate of drug-likeness (QED) is 0.243. The minimum atomic E-state index is -1.15. The van der Waals surface area contributed by atoms with Crippen molar-refractivity contribution in [2.75, 3.05) is 19.5 Å². The lowest BCUT2D eigenvalue weighted by Gasteiger charge is -2.14.